The van der Waals surface area contributed by atoms with Gasteiger partial charge in [0.25, 0.3) is 0 Å². The number of oxime groups is 1. The van der Waals surface area contributed by atoms with Crippen LogP contribution in [0.5, 0.6) is 0 Å². The molecule has 2 N–H and O–H groups in total. The Hall–Kier alpha value is -3.63. The van der Waals surface area contributed by atoms with E-state index in [1.54, 1.807) is 18.6 Å². The number of fused-ring (bicyclic) bond motifs is 1. The summed E-state index contributed by atoms with van der Waals surface area (Å²) in [6.45, 7) is 1.69. The second-order valence-corrected chi connectivity index (χ2v) is 8.43. The van der Waals surface area contributed by atoms with Crippen molar-refractivity contribution in [2.24, 2.45) is 5.16 Å². The molecule has 3 aliphatic rings. The van der Waals surface area contributed by atoms with E-state index in [0.717, 1.165) is 41.3 Å². The molecular formula is C21H20F2N8O. The molecule has 11 heteroatoms. The molecule has 1 aliphatic carbocycles. The van der Waals surface area contributed by atoms with Crippen LogP contribution < -0.4 is 5.32 Å². The van der Waals surface area contributed by atoms with Crippen LogP contribution >= 0.6 is 0 Å². The van der Waals surface area contributed by atoms with Crippen molar-refractivity contribution in [2.75, 3.05) is 18.4 Å². The normalized spacial score (nSPS) is 20.6. The van der Waals surface area contributed by atoms with Gasteiger partial charge in [-0.15, -0.1) is 0 Å². The molecule has 4 heterocycles. The van der Waals surface area contributed by atoms with Gasteiger partial charge in [-0.25, -0.2) is 18.7 Å². The Bertz CT molecular complexity index is 1130. The summed E-state index contributed by atoms with van der Waals surface area (Å²) in [5, 5.41) is 18.1. The van der Waals surface area contributed by atoms with Gasteiger partial charge < -0.3 is 15.1 Å². The lowest BCUT2D eigenvalue weighted by atomic mass is 9.96. The van der Waals surface area contributed by atoms with Crippen LogP contribution in [0.2, 0.25) is 0 Å². The maximum atomic E-state index is 13.5. The topological polar surface area (TPSA) is 104 Å². The quantitative estimate of drug-likeness (QED) is 0.644. The highest BCUT2D eigenvalue weighted by Crippen LogP contribution is 2.33. The molecule has 1 fully saturated rings. The fourth-order valence-corrected chi connectivity index (χ4v) is 4.49. The van der Waals surface area contributed by atoms with Gasteiger partial charge in [-0.1, -0.05) is 5.16 Å². The first-order valence-electron chi connectivity index (χ1n) is 10.5. The summed E-state index contributed by atoms with van der Waals surface area (Å²) in [5.74, 6) is 0.133. The van der Waals surface area contributed by atoms with E-state index in [4.69, 9.17) is 4.84 Å². The first-order chi connectivity index (χ1) is 15.6. The fourth-order valence-electron chi connectivity index (χ4n) is 4.49. The number of hydrogen-bond acceptors (Lipinski definition) is 8. The number of likely N-dealkylation sites (tertiary alicyclic amines) is 1. The third-order valence-corrected chi connectivity index (χ3v) is 6.30. The van der Waals surface area contributed by atoms with E-state index < -0.39 is 11.6 Å². The van der Waals surface area contributed by atoms with Crippen LogP contribution in [-0.2, 0) is 17.7 Å². The molecule has 164 valence electrons. The van der Waals surface area contributed by atoms with Crippen molar-refractivity contribution < 1.29 is 13.6 Å². The van der Waals surface area contributed by atoms with Crippen LogP contribution in [0.4, 0.5) is 14.7 Å². The first kappa shape index (κ1) is 19.1. The van der Waals surface area contributed by atoms with Crippen molar-refractivity contribution in [3.8, 4) is 0 Å². The number of anilines is 1. The van der Waals surface area contributed by atoms with Crippen molar-refractivity contribution in [3.63, 3.8) is 0 Å². The molecule has 0 spiro atoms. The Morgan fingerprint density at radius 2 is 1.72 bits per heavy atom. The molecule has 2 aliphatic heterocycles. The summed E-state index contributed by atoms with van der Waals surface area (Å²) in [6, 6.07) is 2.55. The number of rotatable bonds is 4. The highest BCUT2D eigenvalue weighted by atomic mass is 19.2. The third-order valence-electron chi connectivity index (χ3n) is 6.30. The Balaban J connectivity index is 1.03. The van der Waals surface area contributed by atoms with Crippen LogP contribution in [0.15, 0.2) is 35.9 Å². The van der Waals surface area contributed by atoms with Crippen LogP contribution in [-0.4, -0.2) is 55.2 Å². The zero-order valence-corrected chi connectivity index (χ0v) is 17.0. The number of amidine groups is 1. The highest BCUT2D eigenvalue weighted by molar-refractivity contribution is 5.84. The number of aromatic amines is 1. The first-order valence-corrected chi connectivity index (χ1v) is 10.5. The molecule has 0 radical (unpaired) electrons. The standard InChI is InChI=1S/C21H20F2N8O/c22-16-3-11-1-15(2-12(11)4-17(16)23)27-21-24-6-13(7-25-21)19-5-20(29-32-19)31-9-14(10-31)18-8-26-30-28-18/h3-4,6-8,14-15,19H,1-2,5,9-10H2,(H,24,25,27)(H,26,28,30). The van der Waals surface area contributed by atoms with Gasteiger partial charge in [0.05, 0.1) is 18.3 Å². The minimum Gasteiger partial charge on any atom is -0.386 e. The molecule has 2 aromatic heterocycles. The van der Waals surface area contributed by atoms with Gasteiger partial charge >= 0.3 is 0 Å². The summed E-state index contributed by atoms with van der Waals surface area (Å²) in [5.41, 5.74) is 3.45. The van der Waals surface area contributed by atoms with Gasteiger partial charge in [0, 0.05) is 43.0 Å². The molecule has 0 bridgehead atoms. The molecular weight excluding hydrogens is 418 g/mol. The van der Waals surface area contributed by atoms with E-state index in [1.165, 1.54) is 12.1 Å². The van der Waals surface area contributed by atoms with E-state index in [0.29, 0.717) is 31.1 Å². The fraction of sp³-hybridized carbons (Fsp3) is 0.381. The Morgan fingerprint density at radius 1 is 1.00 bits per heavy atom. The lowest BCUT2D eigenvalue weighted by Gasteiger charge is -2.39. The van der Waals surface area contributed by atoms with Gasteiger partial charge in [-0.3, -0.25) is 0 Å². The minimum atomic E-state index is -0.810. The Labute approximate surface area is 181 Å². The number of nitrogens with one attached hydrogen (secondary N) is 2. The van der Waals surface area contributed by atoms with Crippen molar-refractivity contribution in [3.05, 3.63) is 64.7 Å². The minimum absolute atomic E-state index is 0.00111. The molecule has 1 unspecified atom stereocenters. The Kier molecular flexibility index (Phi) is 4.47. The van der Waals surface area contributed by atoms with Crippen molar-refractivity contribution in [1.82, 2.24) is 30.3 Å². The second kappa shape index (κ2) is 7.50. The predicted molar refractivity (Wildman–Crippen MR) is 110 cm³/mol. The maximum absolute atomic E-state index is 13.5. The number of benzene rings is 1. The van der Waals surface area contributed by atoms with Crippen LogP contribution in [0.3, 0.4) is 0 Å². The van der Waals surface area contributed by atoms with E-state index >= 15 is 0 Å². The summed E-state index contributed by atoms with van der Waals surface area (Å²) in [4.78, 5) is 16.6. The van der Waals surface area contributed by atoms with E-state index in [-0.39, 0.29) is 12.1 Å². The smallest absolute Gasteiger partial charge is 0.222 e. The third kappa shape index (κ3) is 3.43. The van der Waals surface area contributed by atoms with Gasteiger partial charge in [0.15, 0.2) is 17.7 Å². The maximum Gasteiger partial charge on any atom is 0.222 e. The van der Waals surface area contributed by atoms with Gasteiger partial charge in [0.2, 0.25) is 5.95 Å². The summed E-state index contributed by atoms with van der Waals surface area (Å²) in [7, 11) is 0. The number of halogens is 2. The average molecular weight is 438 g/mol. The number of nitrogens with zero attached hydrogens (tertiary/aromatic N) is 6. The van der Waals surface area contributed by atoms with Crippen molar-refractivity contribution in [2.45, 2.75) is 37.3 Å². The summed E-state index contributed by atoms with van der Waals surface area (Å²) in [6.07, 6.45) is 6.87. The van der Waals surface area contributed by atoms with Gasteiger partial charge in [0.1, 0.15) is 5.84 Å². The monoisotopic (exact) mass is 438 g/mol. The van der Waals surface area contributed by atoms with Crippen LogP contribution in [0.25, 0.3) is 0 Å². The van der Waals surface area contributed by atoms with E-state index in [1.807, 2.05) is 0 Å². The second-order valence-electron chi connectivity index (χ2n) is 8.43. The molecule has 6 rings (SSSR count). The number of aromatic nitrogens is 5. The van der Waals surface area contributed by atoms with Crippen LogP contribution in [0.1, 0.15) is 40.8 Å². The summed E-state index contributed by atoms with van der Waals surface area (Å²) >= 11 is 0. The zero-order valence-electron chi connectivity index (χ0n) is 17.0. The lowest BCUT2D eigenvalue weighted by molar-refractivity contribution is 0.0849. The van der Waals surface area contributed by atoms with Crippen LogP contribution in [0, 0.1) is 11.6 Å². The number of hydrogen-bond donors (Lipinski definition) is 2. The summed E-state index contributed by atoms with van der Waals surface area (Å²) < 4.78 is 26.9. The molecule has 3 aromatic rings. The SMILES string of the molecule is Fc1cc2c(cc1F)CC(Nc1ncc(C3CC(N4CC(c5cn[nH]n5)C4)=NO3)cn1)C2. The number of H-pyrrole nitrogens is 1. The lowest BCUT2D eigenvalue weighted by Crippen LogP contribution is -2.48. The molecule has 32 heavy (non-hydrogen) atoms. The molecule has 1 aromatic carbocycles. The Morgan fingerprint density at radius 3 is 2.38 bits per heavy atom. The molecule has 9 nitrogen and oxygen atoms in total. The van der Waals surface area contributed by atoms with Gasteiger partial charge in [-0.2, -0.15) is 15.4 Å². The largest absolute Gasteiger partial charge is 0.386 e. The zero-order chi connectivity index (χ0) is 21.7. The molecule has 0 saturated carbocycles. The van der Waals surface area contributed by atoms with Crippen molar-refractivity contribution in [1.29, 1.82) is 0 Å². The van der Waals surface area contributed by atoms with E-state index in [2.05, 4.69) is 40.8 Å². The highest BCUT2D eigenvalue weighted by Gasteiger charge is 2.36. The molecule has 1 atom stereocenters. The molecule has 1 saturated heterocycles. The van der Waals surface area contributed by atoms with Crippen molar-refractivity contribution >= 4 is 11.8 Å². The predicted octanol–water partition coefficient (Wildman–Crippen LogP) is 2.33. The van der Waals surface area contributed by atoms with Gasteiger partial charge in [-0.05, 0) is 36.1 Å². The van der Waals surface area contributed by atoms with E-state index in [9.17, 15) is 8.78 Å². The average Bonchev–Trinajstić information content (AvgIpc) is 3.50. The molecule has 0 amide bonds.